The summed E-state index contributed by atoms with van der Waals surface area (Å²) >= 11 is 0. The fourth-order valence-electron chi connectivity index (χ4n) is 3.04. The molecular weight excluding hydrogens is 392 g/mol. The molecule has 0 bridgehead atoms. The molecule has 0 spiro atoms. The number of rotatable bonds is 8. The van der Waals surface area contributed by atoms with Crippen LogP contribution in [-0.2, 0) is 24.0 Å². The minimum Gasteiger partial charge on any atom is -0.462 e. The lowest BCUT2D eigenvalue weighted by Gasteiger charge is -2.18. The molecule has 0 amide bonds. The van der Waals surface area contributed by atoms with Crippen molar-refractivity contribution in [3.63, 3.8) is 0 Å². The van der Waals surface area contributed by atoms with Crippen LogP contribution in [-0.4, -0.2) is 36.8 Å². The summed E-state index contributed by atoms with van der Waals surface area (Å²) < 4.78 is 82.7. The molecule has 10 heteroatoms. The van der Waals surface area contributed by atoms with Gasteiger partial charge in [0.1, 0.15) is 5.56 Å². The summed E-state index contributed by atoms with van der Waals surface area (Å²) in [4.78, 5) is 27.0. The van der Waals surface area contributed by atoms with E-state index in [1.807, 2.05) is 0 Å². The third-order valence-electron chi connectivity index (χ3n) is 4.08. The Morgan fingerprint density at radius 2 is 1.57 bits per heavy atom. The van der Waals surface area contributed by atoms with Crippen molar-refractivity contribution in [1.29, 1.82) is 0 Å². The predicted molar refractivity (Wildman–Crippen MR) is 89.6 cm³/mol. The zero-order chi connectivity index (χ0) is 21.0. The maximum atomic E-state index is 13.1. The average molecular weight is 409 g/mol. The van der Waals surface area contributed by atoms with Gasteiger partial charge in [0.05, 0.1) is 12.1 Å². The molecule has 0 saturated heterocycles. The molecule has 0 atom stereocenters. The number of fused-ring (bicyclic) bond motifs is 1. The number of halogens is 6. The maximum absolute atomic E-state index is 13.1. The number of aromatic nitrogens is 1. The molecule has 0 fully saturated rings. The largest absolute Gasteiger partial charge is 0.462 e. The van der Waals surface area contributed by atoms with Crippen molar-refractivity contribution in [3.05, 3.63) is 44.7 Å². The third kappa shape index (κ3) is 4.85. The van der Waals surface area contributed by atoms with Gasteiger partial charge >= 0.3 is 5.97 Å². The van der Waals surface area contributed by atoms with E-state index in [1.165, 1.54) is 6.92 Å². The van der Waals surface area contributed by atoms with Crippen LogP contribution in [0, 0.1) is 0 Å². The Bertz CT molecular complexity index is 910. The molecule has 2 rings (SSSR count). The smallest absolute Gasteiger partial charge is 0.343 e. The van der Waals surface area contributed by atoms with Gasteiger partial charge in [-0.15, -0.1) is 0 Å². The summed E-state index contributed by atoms with van der Waals surface area (Å²) in [6.45, 7) is 1.47. The number of carbonyl (C=O) groups excluding carboxylic acids is 1. The number of ether oxygens (including phenoxy) is 1. The van der Waals surface area contributed by atoms with Crippen molar-refractivity contribution in [2.75, 3.05) is 6.61 Å². The molecule has 1 heterocycles. The van der Waals surface area contributed by atoms with Gasteiger partial charge < -0.3 is 9.72 Å². The minimum atomic E-state index is -2.96. The van der Waals surface area contributed by atoms with Crippen molar-refractivity contribution < 1.29 is 35.9 Å². The van der Waals surface area contributed by atoms with Gasteiger partial charge in [-0.1, -0.05) is 0 Å². The van der Waals surface area contributed by atoms with Gasteiger partial charge in [-0.2, -0.15) is 0 Å². The quantitative estimate of drug-likeness (QED) is 0.527. The molecule has 1 aromatic carbocycles. The second kappa shape index (κ2) is 9.11. The van der Waals surface area contributed by atoms with Crippen molar-refractivity contribution >= 4 is 16.9 Å². The first-order valence-corrected chi connectivity index (χ1v) is 8.36. The zero-order valence-electron chi connectivity index (χ0n) is 14.7. The van der Waals surface area contributed by atoms with Crippen LogP contribution in [0.4, 0.5) is 26.3 Å². The first-order valence-electron chi connectivity index (χ1n) is 8.36. The van der Waals surface area contributed by atoms with E-state index in [0.717, 1.165) is 12.3 Å². The molecule has 4 nitrogen and oxygen atoms in total. The minimum absolute atomic E-state index is 0.0309. The SMILES string of the molecule is CCOC(=O)c1c[nH]c2c(CC(F)F)c(CC(F)F)c(CC(F)F)cc2c1=O. The summed E-state index contributed by atoms with van der Waals surface area (Å²) in [6.07, 6.45) is -10.9. The highest BCUT2D eigenvalue weighted by Gasteiger charge is 2.24. The number of hydrogen-bond donors (Lipinski definition) is 1. The van der Waals surface area contributed by atoms with E-state index in [1.54, 1.807) is 0 Å². The highest BCUT2D eigenvalue weighted by Crippen LogP contribution is 2.29. The van der Waals surface area contributed by atoms with Gasteiger partial charge in [0.15, 0.2) is 0 Å². The van der Waals surface area contributed by atoms with Gasteiger partial charge in [-0.25, -0.2) is 31.1 Å². The molecule has 2 aromatic rings. The van der Waals surface area contributed by atoms with Crippen LogP contribution in [0.3, 0.4) is 0 Å². The second-order valence-corrected chi connectivity index (χ2v) is 5.95. The van der Waals surface area contributed by atoms with Crippen molar-refractivity contribution in [1.82, 2.24) is 4.98 Å². The summed E-state index contributed by atoms with van der Waals surface area (Å²) in [5, 5.41) is -0.310. The lowest BCUT2D eigenvalue weighted by Crippen LogP contribution is -2.20. The van der Waals surface area contributed by atoms with Gasteiger partial charge in [0.2, 0.25) is 24.7 Å². The Balaban J connectivity index is 2.83. The van der Waals surface area contributed by atoms with Crippen molar-refractivity contribution in [3.8, 4) is 0 Å². The standard InChI is InChI=1S/C18H17F6NO3/c1-2-28-18(27)12-7-25-16-10(6-15(23)24)9(5-14(21)22)8(4-13(19)20)3-11(16)17(12)26/h3,7,13-15H,2,4-6H2,1H3,(H,25,26). The topological polar surface area (TPSA) is 59.2 Å². The van der Waals surface area contributed by atoms with E-state index < -0.39 is 55.5 Å². The Hall–Kier alpha value is -2.52. The Labute approximate surface area is 155 Å². The van der Waals surface area contributed by atoms with Crippen LogP contribution in [0.2, 0.25) is 0 Å². The van der Waals surface area contributed by atoms with E-state index in [2.05, 4.69) is 4.98 Å². The van der Waals surface area contributed by atoms with E-state index in [4.69, 9.17) is 4.74 Å². The number of benzene rings is 1. The summed E-state index contributed by atoms with van der Waals surface area (Å²) in [6, 6.07) is 0.954. The lowest BCUT2D eigenvalue weighted by atomic mass is 9.91. The normalized spacial score (nSPS) is 11.8. The van der Waals surface area contributed by atoms with Gasteiger partial charge in [-0.05, 0) is 29.7 Å². The van der Waals surface area contributed by atoms with E-state index in [-0.39, 0.29) is 34.2 Å². The van der Waals surface area contributed by atoms with Crippen molar-refractivity contribution in [2.45, 2.75) is 45.5 Å². The first kappa shape index (κ1) is 21.8. The molecule has 0 saturated carbocycles. The number of carbonyl (C=O) groups is 1. The second-order valence-electron chi connectivity index (χ2n) is 5.95. The fourth-order valence-corrected chi connectivity index (χ4v) is 3.04. The molecule has 0 aliphatic heterocycles. The van der Waals surface area contributed by atoms with Gasteiger partial charge in [-0.3, -0.25) is 4.79 Å². The van der Waals surface area contributed by atoms with Gasteiger partial charge in [0.25, 0.3) is 0 Å². The number of esters is 1. The number of H-pyrrole nitrogens is 1. The Kier molecular flexibility index (Phi) is 7.09. The van der Waals surface area contributed by atoms with Crippen LogP contribution in [0.1, 0.15) is 34.0 Å². The molecule has 1 N–H and O–H groups in total. The van der Waals surface area contributed by atoms with Crippen LogP contribution in [0.15, 0.2) is 17.1 Å². The van der Waals surface area contributed by atoms with Gasteiger partial charge in [0, 0.05) is 30.8 Å². The van der Waals surface area contributed by atoms with Crippen LogP contribution >= 0.6 is 0 Å². The van der Waals surface area contributed by atoms with Crippen LogP contribution < -0.4 is 5.43 Å². The van der Waals surface area contributed by atoms with Crippen LogP contribution in [0.5, 0.6) is 0 Å². The molecule has 0 aliphatic rings. The molecule has 154 valence electrons. The summed E-state index contributed by atoms with van der Waals surface area (Å²) in [7, 11) is 0. The highest BCUT2D eigenvalue weighted by atomic mass is 19.3. The number of alkyl halides is 6. The number of pyridine rings is 1. The highest BCUT2D eigenvalue weighted by molar-refractivity contribution is 5.94. The number of nitrogens with one attached hydrogen (secondary N) is 1. The third-order valence-corrected chi connectivity index (χ3v) is 4.08. The van der Waals surface area contributed by atoms with Crippen molar-refractivity contribution in [2.24, 2.45) is 0 Å². The number of aromatic amines is 1. The van der Waals surface area contributed by atoms with Crippen LogP contribution in [0.25, 0.3) is 10.9 Å². The Morgan fingerprint density at radius 3 is 2.11 bits per heavy atom. The predicted octanol–water partition coefficient (Wildman–Crippen LogP) is 4.13. The fraction of sp³-hybridized carbons (Fsp3) is 0.444. The molecule has 0 aliphatic carbocycles. The molecule has 28 heavy (non-hydrogen) atoms. The Morgan fingerprint density at radius 1 is 1.00 bits per heavy atom. The molecular formula is C18H17F6NO3. The number of hydrogen-bond acceptors (Lipinski definition) is 3. The average Bonchev–Trinajstić information content (AvgIpc) is 2.57. The molecule has 1 aromatic heterocycles. The summed E-state index contributed by atoms with van der Waals surface area (Å²) in [5.41, 5.74) is -2.56. The van der Waals surface area contributed by atoms with E-state index in [9.17, 15) is 35.9 Å². The molecule has 0 radical (unpaired) electrons. The zero-order valence-corrected chi connectivity index (χ0v) is 14.7. The molecule has 0 unspecified atom stereocenters. The maximum Gasteiger partial charge on any atom is 0.343 e. The first-order chi connectivity index (χ1) is 13.1. The van der Waals surface area contributed by atoms with E-state index in [0.29, 0.717) is 0 Å². The lowest BCUT2D eigenvalue weighted by molar-refractivity contribution is 0.0524. The summed E-state index contributed by atoms with van der Waals surface area (Å²) in [5.74, 6) is -0.979. The van der Waals surface area contributed by atoms with E-state index >= 15 is 0 Å². The monoisotopic (exact) mass is 409 g/mol.